The largest absolute Gasteiger partial charge is 0.437 e. The molecule has 0 saturated heterocycles. The molecule has 166 valence electrons. The SMILES string of the molecule is Clc1nc(-c2ccc(-c3ccccc3)cc2)c2c(n1)oc1cc(-n3nnc4ccccc43)ccc12. The van der Waals surface area contributed by atoms with Crippen molar-refractivity contribution in [1.82, 2.24) is 25.0 Å². The van der Waals surface area contributed by atoms with Crippen molar-refractivity contribution in [1.29, 1.82) is 0 Å². The van der Waals surface area contributed by atoms with Gasteiger partial charge in [0.25, 0.3) is 0 Å². The van der Waals surface area contributed by atoms with Gasteiger partial charge < -0.3 is 4.42 Å². The number of rotatable bonds is 3. The van der Waals surface area contributed by atoms with E-state index in [2.05, 4.69) is 56.7 Å². The van der Waals surface area contributed by atoms with E-state index in [0.717, 1.165) is 49.9 Å². The first-order valence-electron chi connectivity index (χ1n) is 11.1. The fraction of sp³-hybridized carbons (Fsp3) is 0. The van der Waals surface area contributed by atoms with E-state index in [1.165, 1.54) is 0 Å². The highest BCUT2D eigenvalue weighted by atomic mass is 35.5. The van der Waals surface area contributed by atoms with Crippen LogP contribution in [0.2, 0.25) is 5.28 Å². The van der Waals surface area contributed by atoms with Crippen molar-refractivity contribution < 1.29 is 4.42 Å². The molecule has 4 aromatic carbocycles. The fourth-order valence-corrected chi connectivity index (χ4v) is 4.65. The van der Waals surface area contributed by atoms with Crippen LogP contribution >= 0.6 is 11.6 Å². The van der Waals surface area contributed by atoms with Crippen LogP contribution in [-0.2, 0) is 0 Å². The molecule has 0 aliphatic rings. The van der Waals surface area contributed by atoms with Crippen molar-refractivity contribution in [2.24, 2.45) is 0 Å². The summed E-state index contributed by atoms with van der Waals surface area (Å²) in [4.78, 5) is 8.94. The van der Waals surface area contributed by atoms with Gasteiger partial charge in [0.2, 0.25) is 11.0 Å². The highest BCUT2D eigenvalue weighted by molar-refractivity contribution is 6.29. The van der Waals surface area contributed by atoms with Crippen LogP contribution in [-0.4, -0.2) is 25.0 Å². The standard InChI is InChI=1S/C28H16ClN5O/c29-28-30-26(19-12-10-18(11-13-19)17-6-2-1-3-7-17)25-21-15-14-20(16-24(21)35-27(25)31-28)34-23-9-5-4-8-22(23)32-33-34/h1-16H. The van der Waals surface area contributed by atoms with Gasteiger partial charge in [-0.25, -0.2) is 9.67 Å². The van der Waals surface area contributed by atoms with Crippen molar-refractivity contribution in [3.05, 3.63) is 102 Å². The van der Waals surface area contributed by atoms with E-state index in [1.54, 1.807) is 4.68 Å². The minimum Gasteiger partial charge on any atom is -0.437 e. The van der Waals surface area contributed by atoms with E-state index in [9.17, 15) is 0 Å². The molecular formula is C28H16ClN5O. The Kier molecular flexibility index (Phi) is 4.40. The molecule has 0 unspecified atom stereocenters. The third-order valence-corrected chi connectivity index (χ3v) is 6.32. The Labute approximate surface area is 204 Å². The van der Waals surface area contributed by atoms with E-state index in [-0.39, 0.29) is 5.28 Å². The molecule has 35 heavy (non-hydrogen) atoms. The Balaban J connectivity index is 1.38. The minimum atomic E-state index is 0.140. The summed E-state index contributed by atoms with van der Waals surface area (Å²) in [5.41, 5.74) is 7.68. The van der Waals surface area contributed by atoms with Gasteiger partial charge in [-0.1, -0.05) is 71.9 Å². The highest BCUT2D eigenvalue weighted by Gasteiger charge is 2.18. The lowest BCUT2D eigenvalue weighted by Gasteiger charge is -2.06. The van der Waals surface area contributed by atoms with Gasteiger partial charge in [0.15, 0.2) is 0 Å². The minimum absolute atomic E-state index is 0.140. The third-order valence-electron chi connectivity index (χ3n) is 6.15. The molecule has 0 N–H and O–H groups in total. The van der Waals surface area contributed by atoms with Crippen LogP contribution < -0.4 is 0 Å². The van der Waals surface area contributed by atoms with Crippen LogP contribution in [0, 0.1) is 0 Å². The molecular weight excluding hydrogens is 458 g/mol. The molecule has 0 radical (unpaired) electrons. The summed E-state index contributed by atoms with van der Waals surface area (Å²) < 4.78 is 7.94. The average molecular weight is 474 g/mol. The molecule has 7 aromatic rings. The first-order chi connectivity index (χ1) is 17.2. The zero-order chi connectivity index (χ0) is 23.4. The number of hydrogen-bond acceptors (Lipinski definition) is 5. The number of furan rings is 1. The summed E-state index contributed by atoms with van der Waals surface area (Å²) in [7, 11) is 0. The van der Waals surface area contributed by atoms with Gasteiger partial charge in [0, 0.05) is 17.0 Å². The summed E-state index contributed by atoms with van der Waals surface area (Å²) in [6, 6.07) is 32.3. The summed E-state index contributed by atoms with van der Waals surface area (Å²) in [5, 5.41) is 10.4. The quantitative estimate of drug-likeness (QED) is 0.256. The van der Waals surface area contributed by atoms with Crippen molar-refractivity contribution in [3.8, 4) is 28.1 Å². The van der Waals surface area contributed by atoms with E-state index < -0.39 is 0 Å². The maximum Gasteiger partial charge on any atom is 0.232 e. The van der Waals surface area contributed by atoms with Gasteiger partial charge >= 0.3 is 0 Å². The number of para-hydroxylation sites is 1. The molecule has 0 fully saturated rings. The lowest BCUT2D eigenvalue weighted by Crippen LogP contribution is -1.95. The normalized spacial score (nSPS) is 11.6. The maximum atomic E-state index is 6.30. The predicted molar refractivity (Wildman–Crippen MR) is 138 cm³/mol. The summed E-state index contributed by atoms with van der Waals surface area (Å²) in [6.45, 7) is 0. The van der Waals surface area contributed by atoms with E-state index >= 15 is 0 Å². The third kappa shape index (κ3) is 3.26. The Morgan fingerprint density at radius 3 is 2.31 bits per heavy atom. The molecule has 0 aliphatic heterocycles. The number of hydrogen-bond donors (Lipinski definition) is 0. The van der Waals surface area contributed by atoms with E-state index in [1.807, 2.05) is 60.7 Å². The van der Waals surface area contributed by atoms with Gasteiger partial charge in [0.05, 0.1) is 22.3 Å². The topological polar surface area (TPSA) is 69.6 Å². The molecule has 3 aromatic heterocycles. The van der Waals surface area contributed by atoms with Crippen LogP contribution in [0.1, 0.15) is 0 Å². The Hall–Kier alpha value is -4.55. The molecule has 0 atom stereocenters. The Bertz CT molecular complexity index is 1860. The van der Waals surface area contributed by atoms with Gasteiger partial charge in [-0.05, 0) is 47.0 Å². The van der Waals surface area contributed by atoms with Crippen LogP contribution in [0.15, 0.2) is 101 Å². The molecule has 0 bridgehead atoms. The van der Waals surface area contributed by atoms with Gasteiger partial charge in [-0.15, -0.1) is 5.10 Å². The summed E-state index contributed by atoms with van der Waals surface area (Å²) in [6.07, 6.45) is 0. The van der Waals surface area contributed by atoms with Crippen LogP contribution in [0.25, 0.3) is 61.2 Å². The molecule has 0 spiro atoms. The summed E-state index contributed by atoms with van der Waals surface area (Å²) in [5.74, 6) is 0. The number of nitrogens with zero attached hydrogens (tertiary/aromatic N) is 5. The van der Waals surface area contributed by atoms with Gasteiger partial charge in [0.1, 0.15) is 11.1 Å². The van der Waals surface area contributed by atoms with E-state index in [0.29, 0.717) is 11.3 Å². The fourth-order valence-electron chi connectivity index (χ4n) is 4.49. The molecule has 0 amide bonds. The number of benzene rings is 4. The first kappa shape index (κ1) is 19.9. The molecule has 7 heteroatoms. The van der Waals surface area contributed by atoms with Crippen LogP contribution in [0.3, 0.4) is 0 Å². The molecule has 6 nitrogen and oxygen atoms in total. The average Bonchev–Trinajstić information content (AvgIpc) is 3.49. The number of fused-ring (bicyclic) bond motifs is 4. The monoisotopic (exact) mass is 473 g/mol. The number of aromatic nitrogens is 5. The number of halogens is 1. The highest BCUT2D eigenvalue weighted by Crippen LogP contribution is 2.37. The second-order valence-electron chi connectivity index (χ2n) is 8.24. The Morgan fingerprint density at radius 2 is 1.46 bits per heavy atom. The zero-order valence-corrected chi connectivity index (χ0v) is 19.0. The molecule has 7 rings (SSSR count). The van der Waals surface area contributed by atoms with Gasteiger partial charge in [-0.3, -0.25) is 0 Å². The lowest BCUT2D eigenvalue weighted by atomic mass is 10.0. The van der Waals surface area contributed by atoms with E-state index in [4.69, 9.17) is 16.0 Å². The smallest absolute Gasteiger partial charge is 0.232 e. The summed E-state index contributed by atoms with van der Waals surface area (Å²) >= 11 is 6.30. The first-order valence-corrected chi connectivity index (χ1v) is 11.5. The second-order valence-corrected chi connectivity index (χ2v) is 8.58. The van der Waals surface area contributed by atoms with Gasteiger partial charge in [-0.2, -0.15) is 4.98 Å². The van der Waals surface area contributed by atoms with Crippen LogP contribution in [0.4, 0.5) is 0 Å². The zero-order valence-electron chi connectivity index (χ0n) is 18.3. The van der Waals surface area contributed by atoms with Crippen molar-refractivity contribution in [2.75, 3.05) is 0 Å². The molecule has 0 aliphatic carbocycles. The molecule has 3 heterocycles. The van der Waals surface area contributed by atoms with Crippen molar-refractivity contribution in [2.45, 2.75) is 0 Å². The van der Waals surface area contributed by atoms with Crippen molar-refractivity contribution in [3.63, 3.8) is 0 Å². The predicted octanol–water partition coefficient (Wildman–Crippen LogP) is 7.10. The Morgan fingerprint density at radius 1 is 0.714 bits per heavy atom. The lowest BCUT2D eigenvalue weighted by molar-refractivity contribution is 0.652. The molecule has 0 saturated carbocycles. The van der Waals surface area contributed by atoms with Crippen LogP contribution in [0.5, 0.6) is 0 Å². The second kappa shape index (κ2) is 7.75. The maximum absolute atomic E-state index is 6.30. The van der Waals surface area contributed by atoms with Crippen molar-refractivity contribution >= 4 is 44.7 Å².